The molecule has 0 radical (unpaired) electrons. The smallest absolute Gasteiger partial charge is 0.497 e. The summed E-state index contributed by atoms with van der Waals surface area (Å²) in [5.41, 5.74) is 1.18. The molecule has 5 heteroatoms. The first-order chi connectivity index (χ1) is 10.7. The lowest BCUT2D eigenvalue weighted by molar-refractivity contribution is -0.00323. The molecule has 0 aromatic heterocycles. The molecule has 4 nitrogen and oxygen atoms in total. The SMILES string of the molecule is COc1ccc(C(C)[Si](OC(C)C)(OC(C)C)OC(C)C)cc1. The Kier molecular flexibility index (Phi) is 7.74. The third-order valence-corrected chi connectivity index (χ3v) is 7.14. The minimum Gasteiger partial charge on any atom is -0.497 e. The van der Waals surface area contributed by atoms with Crippen LogP contribution < -0.4 is 4.74 Å². The van der Waals surface area contributed by atoms with E-state index in [1.165, 1.54) is 0 Å². The van der Waals surface area contributed by atoms with Crippen LogP contribution in [-0.2, 0) is 13.3 Å². The van der Waals surface area contributed by atoms with Gasteiger partial charge >= 0.3 is 8.80 Å². The van der Waals surface area contributed by atoms with Crippen LogP contribution in [0.5, 0.6) is 5.75 Å². The summed E-state index contributed by atoms with van der Waals surface area (Å²) in [6.07, 6.45) is 0.125. The lowest BCUT2D eigenvalue weighted by atomic mass is 10.1. The first-order valence-electron chi connectivity index (χ1n) is 8.37. The highest BCUT2D eigenvalue weighted by atomic mass is 28.4. The van der Waals surface area contributed by atoms with E-state index < -0.39 is 8.80 Å². The van der Waals surface area contributed by atoms with Gasteiger partial charge in [0.15, 0.2) is 0 Å². The number of hydrogen-bond acceptors (Lipinski definition) is 4. The van der Waals surface area contributed by atoms with Gasteiger partial charge in [-0.05, 0) is 59.2 Å². The summed E-state index contributed by atoms with van der Waals surface area (Å²) in [5.74, 6) is 0.840. The lowest BCUT2D eigenvalue weighted by Crippen LogP contribution is -2.55. The molecule has 0 spiro atoms. The third-order valence-electron chi connectivity index (χ3n) is 3.35. The van der Waals surface area contributed by atoms with Gasteiger partial charge in [-0.15, -0.1) is 0 Å². The van der Waals surface area contributed by atoms with Gasteiger partial charge in [0, 0.05) is 18.3 Å². The zero-order chi connectivity index (χ0) is 17.6. The molecule has 0 heterocycles. The Morgan fingerprint density at radius 2 is 1.09 bits per heavy atom. The minimum atomic E-state index is -2.90. The summed E-state index contributed by atoms with van der Waals surface area (Å²) < 4.78 is 24.1. The summed E-state index contributed by atoms with van der Waals surface area (Å²) in [4.78, 5) is 0. The first-order valence-corrected chi connectivity index (χ1v) is 10.2. The number of methoxy groups -OCH3 is 1. The van der Waals surface area contributed by atoms with Crippen LogP contribution in [-0.4, -0.2) is 34.2 Å². The molecule has 0 aliphatic carbocycles. The molecule has 0 amide bonds. The second-order valence-corrected chi connectivity index (χ2v) is 9.38. The predicted molar refractivity (Wildman–Crippen MR) is 95.8 cm³/mol. The van der Waals surface area contributed by atoms with Gasteiger partial charge < -0.3 is 18.0 Å². The van der Waals surface area contributed by atoms with Gasteiger partial charge in [-0.2, -0.15) is 0 Å². The van der Waals surface area contributed by atoms with E-state index in [0.717, 1.165) is 11.3 Å². The van der Waals surface area contributed by atoms with E-state index >= 15 is 0 Å². The van der Waals surface area contributed by atoms with Crippen molar-refractivity contribution in [2.45, 2.75) is 72.3 Å². The standard InChI is InChI=1S/C18H32O4Si/c1-13(2)20-23(21-14(3)4,22-15(5)6)16(7)17-9-11-18(19-8)12-10-17/h9-16H,1-8H3. The Labute approximate surface area is 142 Å². The van der Waals surface area contributed by atoms with Crippen molar-refractivity contribution in [3.05, 3.63) is 29.8 Å². The highest BCUT2D eigenvalue weighted by Gasteiger charge is 2.50. The molecule has 0 saturated carbocycles. The summed E-state index contributed by atoms with van der Waals surface area (Å²) in [6, 6.07) is 8.04. The van der Waals surface area contributed by atoms with Gasteiger partial charge in [0.1, 0.15) is 5.75 Å². The fourth-order valence-corrected chi connectivity index (χ4v) is 5.82. The zero-order valence-electron chi connectivity index (χ0n) is 15.8. The summed E-state index contributed by atoms with van der Waals surface area (Å²) >= 11 is 0. The second-order valence-electron chi connectivity index (χ2n) is 6.60. The van der Waals surface area contributed by atoms with Crippen molar-refractivity contribution < 1.29 is 18.0 Å². The Morgan fingerprint density at radius 3 is 1.39 bits per heavy atom. The molecular formula is C18H32O4Si. The summed E-state index contributed by atoms with van der Waals surface area (Å²) in [5, 5.41) is 0. The van der Waals surface area contributed by atoms with Gasteiger partial charge in [-0.3, -0.25) is 0 Å². The Morgan fingerprint density at radius 1 is 0.696 bits per heavy atom. The number of benzene rings is 1. The number of ether oxygens (including phenoxy) is 1. The normalized spacial score (nSPS) is 13.9. The van der Waals surface area contributed by atoms with Gasteiger partial charge in [-0.25, -0.2) is 0 Å². The summed E-state index contributed by atoms with van der Waals surface area (Å²) in [7, 11) is -1.23. The number of hydrogen-bond donors (Lipinski definition) is 0. The fraction of sp³-hybridized carbons (Fsp3) is 0.667. The average Bonchev–Trinajstić information content (AvgIpc) is 2.44. The van der Waals surface area contributed by atoms with E-state index in [9.17, 15) is 0 Å². The molecule has 0 saturated heterocycles. The summed E-state index contributed by atoms with van der Waals surface area (Å²) in [6.45, 7) is 14.3. The molecule has 132 valence electrons. The molecule has 1 aromatic rings. The first kappa shape index (κ1) is 20.2. The van der Waals surface area contributed by atoms with E-state index in [-0.39, 0.29) is 23.9 Å². The van der Waals surface area contributed by atoms with Crippen LogP contribution in [0.1, 0.15) is 59.6 Å². The maximum Gasteiger partial charge on any atom is 0.509 e. The van der Waals surface area contributed by atoms with Crippen LogP contribution in [0, 0.1) is 0 Å². The molecule has 1 atom stereocenters. The highest BCUT2D eigenvalue weighted by molar-refractivity contribution is 6.62. The van der Waals surface area contributed by atoms with Crippen LogP contribution in [0.15, 0.2) is 24.3 Å². The molecule has 1 unspecified atom stereocenters. The minimum absolute atomic E-state index is 0.0415. The van der Waals surface area contributed by atoms with E-state index in [1.807, 2.05) is 53.7 Å². The van der Waals surface area contributed by atoms with Crippen LogP contribution in [0.3, 0.4) is 0 Å². The van der Waals surface area contributed by atoms with Crippen molar-refractivity contribution >= 4 is 8.80 Å². The molecule has 0 N–H and O–H groups in total. The molecule has 0 aliphatic rings. The van der Waals surface area contributed by atoms with E-state index in [2.05, 4.69) is 19.1 Å². The Hall–Kier alpha value is -0.883. The molecule has 0 fully saturated rings. The molecule has 0 aliphatic heterocycles. The maximum absolute atomic E-state index is 6.30. The molecule has 0 bridgehead atoms. The van der Waals surface area contributed by atoms with Gasteiger partial charge in [0.25, 0.3) is 0 Å². The van der Waals surface area contributed by atoms with Crippen LogP contribution >= 0.6 is 0 Å². The maximum atomic E-state index is 6.30. The monoisotopic (exact) mass is 340 g/mol. The van der Waals surface area contributed by atoms with E-state index in [0.29, 0.717) is 0 Å². The molecule has 1 aromatic carbocycles. The van der Waals surface area contributed by atoms with Crippen molar-refractivity contribution in [1.29, 1.82) is 0 Å². The van der Waals surface area contributed by atoms with Gasteiger partial charge in [-0.1, -0.05) is 19.1 Å². The Balaban J connectivity index is 3.20. The molecular weight excluding hydrogens is 308 g/mol. The number of rotatable bonds is 9. The van der Waals surface area contributed by atoms with Crippen LogP contribution in [0.25, 0.3) is 0 Å². The molecule has 23 heavy (non-hydrogen) atoms. The quantitative estimate of drug-likeness (QED) is 0.618. The van der Waals surface area contributed by atoms with Crippen molar-refractivity contribution in [3.8, 4) is 5.75 Å². The van der Waals surface area contributed by atoms with Crippen LogP contribution in [0.2, 0.25) is 0 Å². The van der Waals surface area contributed by atoms with Gasteiger partial charge in [0.2, 0.25) is 0 Å². The van der Waals surface area contributed by atoms with Crippen molar-refractivity contribution in [2.75, 3.05) is 7.11 Å². The van der Waals surface area contributed by atoms with E-state index in [1.54, 1.807) is 7.11 Å². The predicted octanol–water partition coefficient (Wildman–Crippen LogP) is 4.55. The third kappa shape index (κ3) is 5.92. The largest absolute Gasteiger partial charge is 0.509 e. The zero-order valence-corrected chi connectivity index (χ0v) is 16.8. The van der Waals surface area contributed by atoms with Crippen LogP contribution in [0.4, 0.5) is 0 Å². The average molecular weight is 341 g/mol. The van der Waals surface area contributed by atoms with E-state index in [4.69, 9.17) is 18.0 Å². The second kappa shape index (κ2) is 8.83. The Bertz CT molecular complexity index is 430. The van der Waals surface area contributed by atoms with Crippen molar-refractivity contribution in [3.63, 3.8) is 0 Å². The van der Waals surface area contributed by atoms with Crippen molar-refractivity contribution in [1.82, 2.24) is 0 Å². The topological polar surface area (TPSA) is 36.9 Å². The van der Waals surface area contributed by atoms with Crippen molar-refractivity contribution in [2.24, 2.45) is 0 Å². The van der Waals surface area contributed by atoms with Gasteiger partial charge in [0.05, 0.1) is 12.7 Å². The fourth-order valence-electron chi connectivity index (χ4n) is 2.47. The lowest BCUT2D eigenvalue weighted by Gasteiger charge is -2.38. The molecule has 1 rings (SSSR count). The highest BCUT2D eigenvalue weighted by Crippen LogP contribution is 2.33.